The van der Waals surface area contributed by atoms with Crippen LogP contribution in [0.1, 0.15) is 17.2 Å². The largest absolute Gasteiger partial charge is 0.378 e. The molecule has 0 saturated carbocycles. The first-order chi connectivity index (χ1) is 8.22. The monoisotopic (exact) mass is 235 g/mol. The van der Waals surface area contributed by atoms with Crippen LogP contribution in [0, 0.1) is 6.92 Å². The molecule has 0 bridgehead atoms. The molecule has 1 atom stereocenters. The van der Waals surface area contributed by atoms with E-state index in [1.165, 1.54) is 11.3 Å². The van der Waals surface area contributed by atoms with Crippen molar-refractivity contribution in [2.24, 2.45) is 11.5 Å². The maximum atomic E-state index is 5.93. The summed E-state index contributed by atoms with van der Waals surface area (Å²) in [6, 6.07) is 6.30. The van der Waals surface area contributed by atoms with Gasteiger partial charge in [-0.1, -0.05) is 12.1 Å². The second kappa shape index (κ2) is 5.49. The van der Waals surface area contributed by atoms with Crippen LogP contribution in [-0.4, -0.2) is 32.8 Å². The molecule has 1 aromatic rings. The highest BCUT2D eigenvalue weighted by molar-refractivity contribution is 5.55. The molecular formula is C13H21N3O. The summed E-state index contributed by atoms with van der Waals surface area (Å²) in [6.45, 7) is 6.15. The number of ether oxygens (including phenoxy) is 1. The van der Waals surface area contributed by atoms with E-state index in [4.69, 9.17) is 16.2 Å². The maximum Gasteiger partial charge on any atom is 0.0642 e. The van der Waals surface area contributed by atoms with Gasteiger partial charge >= 0.3 is 0 Å². The molecule has 1 fully saturated rings. The summed E-state index contributed by atoms with van der Waals surface area (Å²) in [4.78, 5) is 2.36. The summed E-state index contributed by atoms with van der Waals surface area (Å²) < 4.78 is 5.36. The van der Waals surface area contributed by atoms with E-state index in [9.17, 15) is 0 Å². The second-order valence-corrected chi connectivity index (χ2v) is 4.49. The van der Waals surface area contributed by atoms with E-state index < -0.39 is 0 Å². The highest BCUT2D eigenvalue weighted by Crippen LogP contribution is 2.24. The van der Waals surface area contributed by atoms with Gasteiger partial charge in [0.05, 0.1) is 13.2 Å². The van der Waals surface area contributed by atoms with Gasteiger partial charge in [-0.2, -0.15) is 0 Å². The number of hydrogen-bond donors (Lipinski definition) is 2. The fourth-order valence-electron chi connectivity index (χ4n) is 2.20. The summed E-state index contributed by atoms with van der Waals surface area (Å²) in [5.74, 6) is 0. The zero-order chi connectivity index (χ0) is 12.3. The molecule has 0 spiro atoms. The maximum absolute atomic E-state index is 5.93. The third kappa shape index (κ3) is 2.77. The van der Waals surface area contributed by atoms with E-state index in [0.29, 0.717) is 6.54 Å². The molecule has 4 N–H and O–H groups in total. The van der Waals surface area contributed by atoms with Crippen molar-refractivity contribution in [1.82, 2.24) is 0 Å². The van der Waals surface area contributed by atoms with Gasteiger partial charge in [0.25, 0.3) is 0 Å². The normalized spacial score (nSPS) is 18.2. The zero-order valence-corrected chi connectivity index (χ0v) is 10.4. The van der Waals surface area contributed by atoms with Gasteiger partial charge in [0, 0.05) is 31.4 Å². The lowest BCUT2D eigenvalue weighted by Crippen LogP contribution is -2.36. The minimum absolute atomic E-state index is 0.0626. The average molecular weight is 235 g/mol. The fourth-order valence-corrected chi connectivity index (χ4v) is 2.20. The lowest BCUT2D eigenvalue weighted by molar-refractivity contribution is 0.122. The predicted octanol–water partition coefficient (Wildman–Crippen LogP) is 0.790. The summed E-state index contributed by atoms with van der Waals surface area (Å²) >= 11 is 0. The highest BCUT2D eigenvalue weighted by atomic mass is 16.5. The Morgan fingerprint density at radius 3 is 2.65 bits per heavy atom. The average Bonchev–Trinajstić information content (AvgIpc) is 2.38. The van der Waals surface area contributed by atoms with Gasteiger partial charge in [-0.15, -0.1) is 0 Å². The number of rotatable bonds is 3. The quantitative estimate of drug-likeness (QED) is 0.813. The molecule has 0 aromatic heterocycles. The zero-order valence-electron chi connectivity index (χ0n) is 10.4. The van der Waals surface area contributed by atoms with Crippen molar-refractivity contribution in [3.05, 3.63) is 29.3 Å². The molecule has 0 unspecified atom stereocenters. The van der Waals surface area contributed by atoms with E-state index in [2.05, 4.69) is 30.0 Å². The molecule has 1 aliphatic rings. The summed E-state index contributed by atoms with van der Waals surface area (Å²) in [5.41, 5.74) is 15.2. The van der Waals surface area contributed by atoms with E-state index in [1.54, 1.807) is 0 Å². The Labute approximate surface area is 103 Å². The van der Waals surface area contributed by atoms with Gasteiger partial charge in [-0.25, -0.2) is 0 Å². The van der Waals surface area contributed by atoms with Gasteiger partial charge in [0.2, 0.25) is 0 Å². The number of hydrogen-bond acceptors (Lipinski definition) is 4. The summed E-state index contributed by atoms with van der Waals surface area (Å²) in [5, 5.41) is 0. The molecule has 4 nitrogen and oxygen atoms in total. The van der Waals surface area contributed by atoms with Crippen molar-refractivity contribution in [2.75, 3.05) is 37.7 Å². The Morgan fingerprint density at radius 1 is 1.35 bits per heavy atom. The van der Waals surface area contributed by atoms with E-state index in [0.717, 1.165) is 31.9 Å². The van der Waals surface area contributed by atoms with E-state index in [-0.39, 0.29) is 6.04 Å². The van der Waals surface area contributed by atoms with Crippen LogP contribution in [0.15, 0.2) is 18.2 Å². The summed E-state index contributed by atoms with van der Waals surface area (Å²) in [7, 11) is 0. The molecule has 0 aliphatic carbocycles. The Bertz CT molecular complexity index is 375. The molecule has 94 valence electrons. The summed E-state index contributed by atoms with van der Waals surface area (Å²) in [6.07, 6.45) is 0. The molecule has 1 heterocycles. The van der Waals surface area contributed by atoms with Crippen LogP contribution in [0.3, 0.4) is 0 Å². The molecular weight excluding hydrogens is 214 g/mol. The molecule has 2 rings (SSSR count). The SMILES string of the molecule is Cc1cc([C@H](N)CN)ccc1N1CCOCC1. The van der Waals surface area contributed by atoms with Gasteiger partial charge in [-0.05, 0) is 24.1 Å². The minimum Gasteiger partial charge on any atom is -0.378 e. The number of nitrogens with two attached hydrogens (primary N) is 2. The third-order valence-corrected chi connectivity index (χ3v) is 3.25. The third-order valence-electron chi connectivity index (χ3n) is 3.25. The van der Waals surface area contributed by atoms with Crippen LogP contribution in [0.25, 0.3) is 0 Å². The van der Waals surface area contributed by atoms with Crippen LogP contribution in [0.2, 0.25) is 0 Å². The molecule has 1 aliphatic heterocycles. The van der Waals surface area contributed by atoms with Gasteiger partial charge in [0.1, 0.15) is 0 Å². The first-order valence-corrected chi connectivity index (χ1v) is 6.11. The Morgan fingerprint density at radius 2 is 2.06 bits per heavy atom. The standard InChI is InChI=1S/C13H21N3O/c1-10-8-11(12(15)9-14)2-3-13(10)16-4-6-17-7-5-16/h2-3,8,12H,4-7,9,14-15H2,1H3/t12-/m1/s1. The number of benzene rings is 1. The van der Waals surface area contributed by atoms with Gasteiger partial charge in [0.15, 0.2) is 0 Å². The lowest BCUT2D eigenvalue weighted by Gasteiger charge is -2.30. The minimum atomic E-state index is -0.0626. The van der Waals surface area contributed by atoms with Crippen LogP contribution in [0.4, 0.5) is 5.69 Å². The first-order valence-electron chi connectivity index (χ1n) is 6.11. The fraction of sp³-hybridized carbons (Fsp3) is 0.538. The molecule has 17 heavy (non-hydrogen) atoms. The van der Waals surface area contributed by atoms with Crippen molar-refractivity contribution in [1.29, 1.82) is 0 Å². The molecule has 1 aromatic carbocycles. The van der Waals surface area contributed by atoms with Crippen molar-refractivity contribution in [2.45, 2.75) is 13.0 Å². The Balaban J connectivity index is 2.18. The van der Waals surface area contributed by atoms with Crippen LogP contribution in [0.5, 0.6) is 0 Å². The topological polar surface area (TPSA) is 64.5 Å². The van der Waals surface area contributed by atoms with Crippen molar-refractivity contribution < 1.29 is 4.74 Å². The van der Waals surface area contributed by atoms with Gasteiger partial charge < -0.3 is 21.1 Å². The number of anilines is 1. The Kier molecular flexibility index (Phi) is 3.99. The van der Waals surface area contributed by atoms with E-state index in [1.807, 2.05) is 0 Å². The van der Waals surface area contributed by atoms with Crippen LogP contribution >= 0.6 is 0 Å². The second-order valence-electron chi connectivity index (χ2n) is 4.49. The number of nitrogens with zero attached hydrogens (tertiary/aromatic N) is 1. The van der Waals surface area contributed by atoms with Crippen molar-refractivity contribution in [3.8, 4) is 0 Å². The van der Waals surface area contributed by atoms with Crippen molar-refractivity contribution >= 4 is 5.69 Å². The number of aryl methyl sites for hydroxylation is 1. The first kappa shape index (κ1) is 12.4. The van der Waals surface area contributed by atoms with Gasteiger partial charge in [-0.3, -0.25) is 0 Å². The number of morpholine rings is 1. The highest BCUT2D eigenvalue weighted by Gasteiger charge is 2.14. The molecule has 0 amide bonds. The Hall–Kier alpha value is -1.10. The predicted molar refractivity (Wildman–Crippen MR) is 70.2 cm³/mol. The van der Waals surface area contributed by atoms with Crippen LogP contribution < -0.4 is 16.4 Å². The molecule has 0 radical (unpaired) electrons. The lowest BCUT2D eigenvalue weighted by atomic mass is 10.0. The molecule has 1 saturated heterocycles. The van der Waals surface area contributed by atoms with E-state index >= 15 is 0 Å². The van der Waals surface area contributed by atoms with Crippen LogP contribution in [-0.2, 0) is 4.74 Å². The smallest absolute Gasteiger partial charge is 0.0642 e. The molecule has 4 heteroatoms. The van der Waals surface area contributed by atoms with Crippen molar-refractivity contribution in [3.63, 3.8) is 0 Å².